The summed E-state index contributed by atoms with van der Waals surface area (Å²) in [6, 6.07) is -13.8. The number of carbonyl (C=O) groups excluding carboxylic acids is 10. The highest BCUT2D eigenvalue weighted by Gasteiger charge is 2.36. The number of imidazole rings is 1. The number of carboxylic acids is 3. The fraction of sp³-hybridized carbons (Fsp3) is 0.619. The number of nitrogens with two attached hydrogens (primary N) is 2. The summed E-state index contributed by atoms with van der Waals surface area (Å²) in [5.74, 6) is -15.7. The first-order valence-corrected chi connectivity index (χ1v) is 23.3. The second-order valence-corrected chi connectivity index (χ2v) is 17.7. The number of hydrogen-bond donors (Lipinski definition) is 17. The van der Waals surface area contributed by atoms with Gasteiger partial charge in [-0.2, -0.15) is 12.6 Å². The van der Waals surface area contributed by atoms with E-state index >= 15 is 0 Å². The number of hydrogen-bond acceptors (Lipinski definition) is 17. The molecule has 0 radical (unpaired) electrons. The Balaban J connectivity index is 3.14. The summed E-state index contributed by atoms with van der Waals surface area (Å²) in [5.41, 5.74) is 11.4. The van der Waals surface area contributed by atoms with Gasteiger partial charge < -0.3 is 84.7 Å². The number of rotatable bonds is 34. The van der Waals surface area contributed by atoms with Gasteiger partial charge >= 0.3 is 17.9 Å². The molecule has 408 valence electrons. The monoisotopic (exact) mass is 1060 g/mol. The van der Waals surface area contributed by atoms with Crippen molar-refractivity contribution in [2.75, 3.05) is 18.9 Å². The van der Waals surface area contributed by atoms with E-state index in [2.05, 4.69) is 70.4 Å². The van der Waals surface area contributed by atoms with Crippen LogP contribution in [0.3, 0.4) is 0 Å². The number of nitrogens with zero attached hydrogens (tertiary/aromatic N) is 1. The maximum atomic E-state index is 13.6. The van der Waals surface area contributed by atoms with E-state index in [1.807, 2.05) is 0 Å². The second kappa shape index (κ2) is 31.8. The molecule has 0 unspecified atom stereocenters. The number of thiol groups is 1. The minimum absolute atomic E-state index is 0.0594. The van der Waals surface area contributed by atoms with E-state index in [0.29, 0.717) is 5.69 Å². The average molecular weight is 1060 g/mol. The van der Waals surface area contributed by atoms with E-state index < -0.39 is 182 Å². The first-order chi connectivity index (χ1) is 34.1. The summed E-state index contributed by atoms with van der Waals surface area (Å²) in [5, 5.41) is 58.2. The Hall–Kier alpha value is -7.41. The zero-order valence-corrected chi connectivity index (χ0v) is 41.6. The predicted octanol–water partition coefficient (Wildman–Crippen LogP) is -6.39. The van der Waals surface area contributed by atoms with E-state index in [9.17, 15) is 72.5 Å². The predicted molar refractivity (Wildman–Crippen MR) is 255 cm³/mol. The Kier molecular flexibility index (Phi) is 27.7. The maximum absolute atomic E-state index is 13.6. The van der Waals surface area contributed by atoms with Gasteiger partial charge in [0.05, 0.1) is 25.4 Å². The quantitative estimate of drug-likeness (QED) is 0.0285. The molecule has 0 saturated carbocycles. The molecule has 0 aliphatic heterocycles. The van der Waals surface area contributed by atoms with Crippen molar-refractivity contribution in [2.24, 2.45) is 23.3 Å². The van der Waals surface area contributed by atoms with Gasteiger partial charge in [-0.25, -0.2) is 4.98 Å². The first kappa shape index (κ1) is 63.6. The molecule has 0 bridgehead atoms. The van der Waals surface area contributed by atoms with Crippen molar-refractivity contribution in [3.05, 3.63) is 18.2 Å². The van der Waals surface area contributed by atoms with E-state index in [4.69, 9.17) is 21.7 Å². The normalized spacial score (nSPS) is 14.7. The van der Waals surface area contributed by atoms with Crippen molar-refractivity contribution >= 4 is 89.6 Å². The van der Waals surface area contributed by atoms with Crippen molar-refractivity contribution in [1.82, 2.24) is 57.8 Å². The van der Waals surface area contributed by atoms with E-state index in [1.54, 1.807) is 13.8 Å². The van der Waals surface area contributed by atoms with Crippen molar-refractivity contribution in [2.45, 2.75) is 134 Å². The third kappa shape index (κ3) is 24.0. The molecule has 0 aromatic carbocycles. The lowest BCUT2D eigenvalue weighted by atomic mass is 9.99. The number of carboxylic acid groups (broad SMARTS) is 3. The molecule has 30 nitrogen and oxygen atoms in total. The number of primary amides is 1. The highest BCUT2D eigenvalue weighted by molar-refractivity contribution is 7.80. The van der Waals surface area contributed by atoms with E-state index in [-0.39, 0.29) is 25.2 Å². The van der Waals surface area contributed by atoms with Crippen molar-refractivity contribution in [3.8, 4) is 0 Å². The number of aromatic amines is 1. The Morgan fingerprint density at radius 1 is 0.603 bits per heavy atom. The molecule has 1 heterocycles. The maximum Gasteiger partial charge on any atom is 0.322 e. The zero-order chi connectivity index (χ0) is 55.7. The summed E-state index contributed by atoms with van der Waals surface area (Å²) < 4.78 is 0. The van der Waals surface area contributed by atoms with E-state index in [0.717, 1.165) is 6.92 Å². The lowest BCUT2D eigenvalue weighted by Gasteiger charge is -2.28. The van der Waals surface area contributed by atoms with E-state index in [1.165, 1.54) is 26.4 Å². The summed E-state index contributed by atoms with van der Waals surface area (Å²) in [6.45, 7) is 5.75. The van der Waals surface area contributed by atoms with Crippen LogP contribution in [0.1, 0.15) is 78.8 Å². The highest BCUT2D eigenvalue weighted by Crippen LogP contribution is 2.11. The number of carbonyl (C=O) groups is 13. The lowest BCUT2D eigenvalue weighted by Crippen LogP contribution is -2.61. The fourth-order valence-corrected chi connectivity index (χ4v) is 6.63. The smallest absolute Gasteiger partial charge is 0.322 e. The van der Waals surface area contributed by atoms with Crippen LogP contribution in [0.4, 0.5) is 0 Å². The summed E-state index contributed by atoms with van der Waals surface area (Å²) in [4.78, 5) is 172. The van der Waals surface area contributed by atoms with Crippen LogP contribution in [0, 0.1) is 11.8 Å². The first-order valence-electron chi connectivity index (χ1n) is 22.7. The van der Waals surface area contributed by atoms with Gasteiger partial charge in [0.1, 0.15) is 54.9 Å². The second-order valence-electron chi connectivity index (χ2n) is 17.4. The molecule has 31 heteroatoms. The van der Waals surface area contributed by atoms with Crippen molar-refractivity contribution in [1.29, 1.82) is 0 Å². The minimum Gasteiger partial charge on any atom is -0.481 e. The van der Waals surface area contributed by atoms with Crippen molar-refractivity contribution in [3.63, 3.8) is 0 Å². The molecule has 0 saturated heterocycles. The third-order valence-corrected chi connectivity index (χ3v) is 10.7. The number of amides is 10. The molecule has 1 aromatic heterocycles. The number of H-pyrrole nitrogens is 1. The Labute approximate surface area is 423 Å². The molecule has 0 aliphatic carbocycles. The van der Waals surface area contributed by atoms with Crippen LogP contribution >= 0.6 is 12.6 Å². The van der Waals surface area contributed by atoms with Crippen LogP contribution in [-0.4, -0.2) is 181 Å². The lowest BCUT2D eigenvalue weighted by molar-refractivity contribution is -0.141. The van der Waals surface area contributed by atoms with Crippen LogP contribution < -0.4 is 59.3 Å². The average Bonchev–Trinajstić information content (AvgIpc) is 3.82. The molecule has 0 fully saturated rings. The molecule has 73 heavy (non-hydrogen) atoms. The topological polar surface area (TPSA) is 492 Å². The minimum atomic E-state index is -1.87. The molecule has 0 aliphatic rings. The van der Waals surface area contributed by atoms with Gasteiger partial charge in [-0.1, -0.05) is 27.7 Å². The SMILES string of the molecule is CC(C)C[C@H](NC(=O)[C@@H](N)CCC(=O)O)C(=O)N[C@H](C(=O)N[C@@H](CC(=O)O)C(=O)N[C@@H](CS)C(=O)N[C@@H](C)C(=O)N[C@@H](CO)C(=O)N[C@@H](CCC(N)=O)C(=O)N[C@@H](Cc1cnc[nH]1)C(=O)NCC(=O)O)C(C)C. The molecule has 0 spiro atoms. The van der Waals surface area contributed by atoms with Gasteiger partial charge in [-0.15, -0.1) is 0 Å². The van der Waals surface area contributed by atoms with Gasteiger partial charge in [0.25, 0.3) is 0 Å². The molecule has 1 aromatic rings. The number of nitrogens with one attached hydrogen (secondary N) is 10. The highest BCUT2D eigenvalue weighted by atomic mass is 32.1. The van der Waals surface area contributed by atoms with Crippen LogP contribution in [0.25, 0.3) is 0 Å². The largest absolute Gasteiger partial charge is 0.481 e. The third-order valence-electron chi connectivity index (χ3n) is 10.3. The molecular formula is C42H67N13O17S. The van der Waals surface area contributed by atoms with Crippen LogP contribution in [0.2, 0.25) is 0 Å². The summed E-state index contributed by atoms with van der Waals surface area (Å²) >= 11 is 4.07. The number of aliphatic carboxylic acids is 3. The molecule has 1 rings (SSSR count). The number of aliphatic hydroxyl groups excluding tert-OH is 1. The zero-order valence-electron chi connectivity index (χ0n) is 40.7. The number of aromatic nitrogens is 2. The molecular weight excluding hydrogens is 991 g/mol. The number of aliphatic hydroxyl groups is 1. The van der Waals surface area contributed by atoms with Gasteiger partial charge in [0, 0.05) is 36.9 Å². The van der Waals surface area contributed by atoms with Crippen molar-refractivity contribution < 1.29 is 82.8 Å². The van der Waals surface area contributed by atoms with Crippen LogP contribution in [0.15, 0.2) is 12.5 Å². The Morgan fingerprint density at radius 3 is 1.66 bits per heavy atom. The van der Waals surface area contributed by atoms with Crippen LogP contribution in [0.5, 0.6) is 0 Å². The standard InChI is InChI=1S/C42H67N13O17S/c1-18(2)10-24(50-35(65)22(43)6-9-30(58)59)39(69)55-33(19(3)4)42(72)52-26(12-31(60)61)38(68)54-28(16-73)41(71)48-20(5)34(64)53-27(15-56)40(70)49-23(7-8-29(44)57)37(67)51-25(11-21-13-45-17-47-21)36(66)46-14-32(62)63/h13,17-20,22-28,33,56,73H,6-12,14-16,43H2,1-5H3,(H2,44,57)(H,45,47)(H,46,66)(H,48,71)(H,49,70)(H,50,65)(H,51,67)(H,52,72)(H,53,64)(H,54,68)(H,55,69)(H,58,59)(H,60,61)(H,62,63)/t20-,22-,23-,24-,25-,26-,27-,28-,33-/m0/s1. The molecule has 10 amide bonds. The summed E-state index contributed by atoms with van der Waals surface area (Å²) in [7, 11) is 0. The van der Waals surface area contributed by atoms with Gasteiger partial charge in [0.2, 0.25) is 59.1 Å². The van der Waals surface area contributed by atoms with Gasteiger partial charge in [-0.3, -0.25) is 62.3 Å². The Morgan fingerprint density at radius 2 is 1.14 bits per heavy atom. The molecule has 18 N–H and O–H groups in total. The molecule has 9 atom stereocenters. The fourth-order valence-electron chi connectivity index (χ4n) is 6.37. The van der Waals surface area contributed by atoms with Gasteiger partial charge in [0.15, 0.2) is 0 Å². The summed E-state index contributed by atoms with van der Waals surface area (Å²) in [6.07, 6.45) is -0.171. The van der Waals surface area contributed by atoms with Crippen LogP contribution in [-0.2, 0) is 68.7 Å². The Bertz CT molecular complexity index is 2130. The van der Waals surface area contributed by atoms with Gasteiger partial charge in [-0.05, 0) is 38.0 Å².